The number of carbonyl (C=O) groups excluding carboxylic acids is 1. The van der Waals surface area contributed by atoms with Crippen LogP contribution in [0.2, 0.25) is 0 Å². The maximum Gasteiger partial charge on any atom is 0.308 e. The molecule has 0 aliphatic heterocycles. The Morgan fingerprint density at radius 1 is 1.52 bits per heavy atom. The predicted octanol–water partition coefficient (Wildman–Crippen LogP) is 1.30. The minimum absolute atomic E-state index is 0.0910. The molecular weight excluding hydrogens is 292 g/mol. The second-order valence-electron chi connectivity index (χ2n) is 4.79. The number of carboxylic acid groups (broad SMARTS) is 1. The fourth-order valence-electron chi connectivity index (χ4n) is 1.68. The Labute approximate surface area is 125 Å². The summed E-state index contributed by atoms with van der Waals surface area (Å²) < 4.78 is 1.67. The van der Waals surface area contributed by atoms with Gasteiger partial charge in [-0.15, -0.1) is 11.3 Å². The molecule has 112 valence electrons. The molecule has 1 atom stereocenters. The zero-order valence-electron chi connectivity index (χ0n) is 12.0. The summed E-state index contributed by atoms with van der Waals surface area (Å²) in [7, 11) is 1.81. The molecule has 0 radical (unpaired) electrons. The van der Waals surface area contributed by atoms with E-state index in [1.807, 2.05) is 13.2 Å². The van der Waals surface area contributed by atoms with E-state index in [4.69, 9.17) is 5.11 Å². The Balaban J connectivity index is 2.12. The summed E-state index contributed by atoms with van der Waals surface area (Å²) >= 11 is 1.27. The number of hydrogen-bond donors (Lipinski definition) is 2. The summed E-state index contributed by atoms with van der Waals surface area (Å²) in [5.74, 6) is -1.86. The number of nitrogens with zero attached hydrogens (tertiary/aromatic N) is 3. The fraction of sp³-hybridized carbons (Fsp3) is 0.385. The first-order chi connectivity index (χ1) is 9.88. The monoisotopic (exact) mass is 308 g/mol. The van der Waals surface area contributed by atoms with Crippen LogP contribution in [0.4, 0.5) is 0 Å². The van der Waals surface area contributed by atoms with E-state index in [1.54, 1.807) is 24.7 Å². The van der Waals surface area contributed by atoms with Crippen molar-refractivity contribution in [2.75, 3.05) is 6.54 Å². The van der Waals surface area contributed by atoms with Gasteiger partial charge < -0.3 is 10.4 Å². The van der Waals surface area contributed by atoms with Crippen LogP contribution in [0.15, 0.2) is 12.4 Å². The van der Waals surface area contributed by atoms with Crippen LogP contribution >= 0.6 is 11.3 Å². The van der Waals surface area contributed by atoms with Gasteiger partial charge in [0.2, 0.25) is 0 Å². The van der Waals surface area contributed by atoms with Crippen molar-refractivity contribution in [3.05, 3.63) is 23.0 Å². The van der Waals surface area contributed by atoms with Crippen molar-refractivity contribution in [2.45, 2.75) is 13.8 Å². The summed E-state index contributed by atoms with van der Waals surface area (Å²) in [6.07, 6.45) is 3.51. The summed E-state index contributed by atoms with van der Waals surface area (Å²) in [5, 5.41) is 16.2. The van der Waals surface area contributed by atoms with E-state index in [9.17, 15) is 9.59 Å². The van der Waals surface area contributed by atoms with Crippen molar-refractivity contribution in [1.82, 2.24) is 20.1 Å². The molecule has 2 heterocycles. The number of aromatic nitrogens is 3. The zero-order chi connectivity index (χ0) is 15.6. The van der Waals surface area contributed by atoms with Crippen molar-refractivity contribution in [3.8, 4) is 10.6 Å². The van der Waals surface area contributed by atoms with Crippen LogP contribution in [0.5, 0.6) is 0 Å². The fourth-order valence-corrected chi connectivity index (χ4v) is 2.63. The second-order valence-corrected chi connectivity index (χ2v) is 5.78. The highest BCUT2D eigenvalue weighted by Crippen LogP contribution is 2.27. The molecule has 0 aliphatic rings. The molecule has 0 aromatic carbocycles. The van der Waals surface area contributed by atoms with Crippen LogP contribution in [0.1, 0.15) is 22.3 Å². The number of hydrogen-bond acceptors (Lipinski definition) is 5. The van der Waals surface area contributed by atoms with E-state index in [1.165, 1.54) is 11.3 Å². The van der Waals surface area contributed by atoms with Gasteiger partial charge in [0.15, 0.2) is 0 Å². The summed E-state index contributed by atoms with van der Waals surface area (Å²) in [6.45, 7) is 3.39. The molecule has 0 fully saturated rings. The average molecular weight is 308 g/mol. The number of amides is 1. The molecule has 7 nitrogen and oxygen atoms in total. The lowest BCUT2D eigenvalue weighted by molar-refractivity contribution is -0.140. The predicted molar refractivity (Wildman–Crippen MR) is 78.2 cm³/mol. The van der Waals surface area contributed by atoms with Gasteiger partial charge in [0, 0.05) is 25.4 Å². The number of thiazole rings is 1. The second kappa shape index (κ2) is 6.04. The van der Waals surface area contributed by atoms with Crippen LogP contribution in [0.3, 0.4) is 0 Å². The summed E-state index contributed by atoms with van der Waals surface area (Å²) in [4.78, 5) is 27.7. The van der Waals surface area contributed by atoms with Crippen molar-refractivity contribution in [2.24, 2.45) is 13.0 Å². The highest BCUT2D eigenvalue weighted by molar-refractivity contribution is 7.17. The van der Waals surface area contributed by atoms with Crippen LogP contribution < -0.4 is 5.32 Å². The van der Waals surface area contributed by atoms with Crippen LogP contribution in [-0.2, 0) is 11.8 Å². The van der Waals surface area contributed by atoms with E-state index in [0.29, 0.717) is 10.6 Å². The minimum atomic E-state index is -0.938. The van der Waals surface area contributed by atoms with Gasteiger partial charge in [-0.25, -0.2) is 4.98 Å². The van der Waals surface area contributed by atoms with Crippen LogP contribution in [0.25, 0.3) is 10.6 Å². The van der Waals surface area contributed by atoms with Crippen molar-refractivity contribution < 1.29 is 14.7 Å². The van der Waals surface area contributed by atoms with E-state index >= 15 is 0 Å². The zero-order valence-corrected chi connectivity index (χ0v) is 12.8. The molecule has 8 heteroatoms. The molecule has 2 aromatic heterocycles. The number of carbonyl (C=O) groups is 2. The Hall–Kier alpha value is -2.22. The Morgan fingerprint density at radius 3 is 2.81 bits per heavy atom. The number of rotatable bonds is 5. The number of nitrogens with one attached hydrogen (secondary N) is 1. The van der Waals surface area contributed by atoms with Crippen molar-refractivity contribution in [3.63, 3.8) is 0 Å². The highest BCUT2D eigenvalue weighted by Gasteiger charge is 2.18. The van der Waals surface area contributed by atoms with Gasteiger partial charge in [0.05, 0.1) is 17.8 Å². The van der Waals surface area contributed by atoms with E-state index < -0.39 is 11.9 Å². The molecule has 1 amide bonds. The lowest BCUT2D eigenvalue weighted by atomic mass is 10.2. The standard InChI is InChI=1S/C13H16N4O3S/c1-7(13(19)20)4-14-11(18)10-8(2)16-12(21-10)9-5-15-17(3)6-9/h5-7H,4H2,1-3H3,(H,14,18)(H,19,20). The molecule has 21 heavy (non-hydrogen) atoms. The third-order valence-corrected chi connectivity index (χ3v) is 4.15. The average Bonchev–Trinajstić information content (AvgIpc) is 3.01. The Morgan fingerprint density at radius 2 is 2.24 bits per heavy atom. The van der Waals surface area contributed by atoms with Crippen molar-refractivity contribution in [1.29, 1.82) is 0 Å². The quantitative estimate of drug-likeness (QED) is 0.868. The molecule has 2 aromatic rings. The Bertz CT molecular complexity index is 677. The molecule has 2 rings (SSSR count). The normalized spacial score (nSPS) is 12.1. The summed E-state index contributed by atoms with van der Waals surface area (Å²) in [6, 6.07) is 0. The van der Waals surface area contributed by atoms with Gasteiger partial charge >= 0.3 is 5.97 Å². The van der Waals surface area contributed by atoms with Crippen LogP contribution in [-0.4, -0.2) is 38.3 Å². The van der Waals surface area contributed by atoms with Gasteiger partial charge in [0.1, 0.15) is 9.88 Å². The van der Waals surface area contributed by atoms with Gasteiger partial charge in [0.25, 0.3) is 5.91 Å². The molecule has 0 bridgehead atoms. The third kappa shape index (κ3) is 3.46. The van der Waals surface area contributed by atoms with Gasteiger partial charge in [-0.05, 0) is 6.92 Å². The molecule has 0 saturated carbocycles. The first-order valence-corrected chi connectivity index (χ1v) is 7.17. The molecular formula is C13H16N4O3S. The van der Waals surface area contributed by atoms with Gasteiger partial charge in [-0.1, -0.05) is 6.92 Å². The first-order valence-electron chi connectivity index (χ1n) is 6.36. The van der Waals surface area contributed by atoms with Gasteiger partial charge in [-0.2, -0.15) is 5.10 Å². The van der Waals surface area contributed by atoms with E-state index in [-0.39, 0.29) is 12.5 Å². The smallest absolute Gasteiger partial charge is 0.308 e. The Kier molecular flexibility index (Phi) is 4.37. The molecule has 1 unspecified atom stereocenters. The number of carboxylic acids is 1. The molecule has 0 spiro atoms. The molecule has 0 saturated heterocycles. The summed E-state index contributed by atoms with van der Waals surface area (Å²) in [5.41, 5.74) is 1.47. The number of aryl methyl sites for hydroxylation is 2. The minimum Gasteiger partial charge on any atom is -0.481 e. The largest absolute Gasteiger partial charge is 0.481 e. The number of aliphatic carboxylic acids is 1. The van der Waals surface area contributed by atoms with Gasteiger partial charge in [-0.3, -0.25) is 14.3 Å². The highest BCUT2D eigenvalue weighted by atomic mass is 32.1. The maximum absolute atomic E-state index is 12.1. The topological polar surface area (TPSA) is 97.1 Å². The van der Waals surface area contributed by atoms with E-state index in [2.05, 4.69) is 15.4 Å². The molecule has 2 N–H and O–H groups in total. The molecule has 0 aliphatic carbocycles. The van der Waals surface area contributed by atoms with Crippen LogP contribution in [0, 0.1) is 12.8 Å². The van der Waals surface area contributed by atoms with Crippen molar-refractivity contribution >= 4 is 23.2 Å². The first kappa shape index (κ1) is 15.2. The van der Waals surface area contributed by atoms with E-state index in [0.717, 1.165) is 10.6 Å². The SMILES string of the molecule is Cc1nc(-c2cnn(C)c2)sc1C(=O)NCC(C)C(=O)O. The third-order valence-electron chi connectivity index (χ3n) is 2.95. The lowest BCUT2D eigenvalue weighted by Crippen LogP contribution is -2.31. The lowest BCUT2D eigenvalue weighted by Gasteiger charge is -2.07. The maximum atomic E-state index is 12.1.